The Bertz CT molecular complexity index is 246. The Morgan fingerprint density at radius 1 is 1.00 bits per heavy atom. The van der Waals surface area contributed by atoms with Gasteiger partial charge in [-0.05, 0) is 6.07 Å². The molecule has 0 amide bonds. The molecule has 1 aromatic heterocycles. The summed E-state index contributed by atoms with van der Waals surface area (Å²) in [6.07, 6.45) is -0.357. The summed E-state index contributed by atoms with van der Waals surface area (Å²) < 4.78 is 4.47. The van der Waals surface area contributed by atoms with Crippen LogP contribution in [0, 0.1) is 0 Å². The second-order valence-electron chi connectivity index (χ2n) is 3.18. The first-order chi connectivity index (χ1) is 7.63. The van der Waals surface area contributed by atoms with Crippen molar-refractivity contribution in [2.45, 2.75) is 24.6 Å². The number of aromatic nitrogens is 2. The van der Waals surface area contributed by atoms with Crippen LogP contribution in [0.1, 0.15) is 0 Å². The van der Waals surface area contributed by atoms with Crippen LogP contribution in [0.15, 0.2) is 24.8 Å². The Morgan fingerprint density at radius 2 is 1.62 bits per heavy atom. The molecule has 7 heteroatoms. The van der Waals surface area contributed by atoms with Crippen molar-refractivity contribution < 1.29 is 25.2 Å². The van der Waals surface area contributed by atoms with Crippen molar-refractivity contribution in [2.24, 2.45) is 0 Å². The van der Waals surface area contributed by atoms with E-state index in [0.29, 0.717) is 0 Å². The molecule has 4 N–H and O–H groups in total. The molecule has 1 fully saturated rings. The molecule has 1 saturated heterocycles. The zero-order chi connectivity index (χ0) is 12.0. The number of aliphatic hydroxyl groups is 4. The van der Waals surface area contributed by atoms with Crippen LogP contribution >= 0.6 is 0 Å². The quantitative estimate of drug-likeness (QED) is 0.403. The Kier molecular flexibility index (Phi) is 5.23. The molecule has 0 aromatic carbocycles. The summed E-state index contributed by atoms with van der Waals surface area (Å²) in [6.45, 7) is -0.153. The van der Waals surface area contributed by atoms with Crippen molar-refractivity contribution in [1.82, 2.24) is 9.97 Å². The maximum absolute atomic E-state index is 8.88. The van der Waals surface area contributed by atoms with Crippen molar-refractivity contribution >= 4 is 0 Å². The fourth-order valence-electron chi connectivity index (χ4n) is 1.04. The maximum atomic E-state index is 8.88. The van der Waals surface area contributed by atoms with Crippen LogP contribution in [0.4, 0.5) is 0 Å². The fraction of sp³-hybridized carbons (Fsp3) is 0.556. The molecular formula is C9H14N2O5. The molecule has 16 heavy (non-hydrogen) atoms. The van der Waals surface area contributed by atoms with E-state index >= 15 is 0 Å². The minimum Gasteiger partial charge on any atom is -0.388 e. The smallest absolute Gasteiger partial charge is 0.183 e. The first kappa shape index (κ1) is 12.9. The summed E-state index contributed by atoms with van der Waals surface area (Å²) >= 11 is 0. The normalized spacial score (nSPS) is 33.8. The maximum Gasteiger partial charge on any atom is 0.183 e. The highest BCUT2D eigenvalue weighted by atomic mass is 16.6. The third-order valence-electron chi connectivity index (χ3n) is 1.95. The number of aliphatic hydroxyl groups excluding tert-OH is 4. The lowest BCUT2D eigenvalue weighted by molar-refractivity contribution is -0.252. The summed E-state index contributed by atoms with van der Waals surface area (Å²) in [7, 11) is 0. The molecule has 2 rings (SSSR count). The Hall–Kier alpha value is -1.12. The highest BCUT2D eigenvalue weighted by molar-refractivity contribution is 4.81. The molecule has 7 nitrogen and oxygen atoms in total. The summed E-state index contributed by atoms with van der Waals surface area (Å²) in [5.41, 5.74) is 0. The molecule has 0 saturated carbocycles. The summed E-state index contributed by atoms with van der Waals surface area (Å²) in [4.78, 5) is 7.35. The topological polar surface area (TPSA) is 116 Å². The van der Waals surface area contributed by atoms with Gasteiger partial charge in [0.05, 0.1) is 6.61 Å². The molecule has 0 aliphatic carbocycles. The van der Waals surface area contributed by atoms with Crippen LogP contribution in [0.25, 0.3) is 0 Å². The minimum absolute atomic E-state index is 0.153. The van der Waals surface area contributed by atoms with Gasteiger partial charge in [0.25, 0.3) is 0 Å². The van der Waals surface area contributed by atoms with Crippen molar-refractivity contribution in [2.75, 3.05) is 6.61 Å². The van der Waals surface area contributed by atoms with E-state index in [1.807, 2.05) is 0 Å². The number of hydrogen-bond donors (Lipinski definition) is 4. The molecular weight excluding hydrogens is 216 g/mol. The Balaban J connectivity index is 0.000000181. The molecule has 4 atom stereocenters. The van der Waals surface area contributed by atoms with Gasteiger partial charge < -0.3 is 25.2 Å². The lowest BCUT2D eigenvalue weighted by Crippen LogP contribution is -2.52. The van der Waals surface area contributed by atoms with Crippen molar-refractivity contribution in [3.63, 3.8) is 0 Å². The highest BCUT2D eigenvalue weighted by Crippen LogP contribution is 2.12. The van der Waals surface area contributed by atoms with Gasteiger partial charge in [0.2, 0.25) is 0 Å². The first-order valence-corrected chi connectivity index (χ1v) is 4.66. The highest BCUT2D eigenvalue weighted by Gasteiger charge is 2.36. The van der Waals surface area contributed by atoms with Gasteiger partial charge in [-0.1, -0.05) is 0 Å². The van der Waals surface area contributed by atoms with Crippen molar-refractivity contribution in [3.8, 4) is 0 Å². The van der Waals surface area contributed by atoms with Crippen LogP contribution in [0.2, 0.25) is 0 Å². The molecule has 0 bridgehead atoms. The second kappa shape index (κ2) is 6.46. The van der Waals surface area contributed by atoms with E-state index in [0.717, 1.165) is 0 Å². The van der Waals surface area contributed by atoms with Crippen LogP contribution in [0.5, 0.6) is 0 Å². The van der Waals surface area contributed by atoms with E-state index in [2.05, 4.69) is 14.7 Å². The molecule has 90 valence electrons. The molecule has 0 unspecified atom stereocenters. The van der Waals surface area contributed by atoms with Crippen LogP contribution in [-0.2, 0) is 4.74 Å². The van der Waals surface area contributed by atoms with Crippen molar-refractivity contribution in [3.05, 3.63) is 24.8 Å². The predicted octanol–water partition coefficient (Wildman–Crippen LogP) is -2.11. The van der Waals surface area contributed by atoms with Gasteiger partial charge in [-0.3, -0.25) is 0 Å². The molecule has 1 aliphatic rings. The van der Waals surface area contributed by atoms with Gasteiger partial charge in [0, 0.05) is 12.4 Å². The predicted molar refractivity (Wildman–Crippen MR) is 52.0 cm³/mol. The largest absolute Gasteiger partial charge is 0.388 e. The van der Waals surface area contributed by atoms with Gasteiger partial charge in [-0.2, -0.15) is 0 Å². The summed E-state index contributed by atoms with van der Waals surface area (Å²) in [5, 5.41) is 35.3. The number of rotatable bonds is 0. The monoisotopic (exact) mass is 230 g/mol. The average Bonchev–Trinajstić information content (AvgIpc) is 2.35. The SMILES string of the molecule is O[C@H]1[C@H](O)[C@H](O)OC[C@H]1O.c1cncnc1. The number of hydrogen-bond acceptors (Lipinski definition) is 7. The molecule has 1 aliphatic heterocycles. The fourth-order valence-corrected chi connectivity index (χ4v) is 1.04. The molecule has 1 aromatic rings. The van der Waals surface area contributed by atoms with E-state index < -0.39 is 24.6 Å². The molecule has 2 heterocycles. The van der Waals surface area contributed by atoms with Gasteiger partial charge >= 0.3 is 0 Å². The van der Waals surface area contributed by atoms with Gasteiger partial charge in [-0.25, -0.2) is 9.97 Å². The number of ether oxygens (including phenoxy) is 1. The lowest BCUT2D eigenvalue weighted by Gasteiger charge is -2.31. The van der Waals surface area contributed by atoms with Crippen molar-refractivity contribution in [1.29, 1.82) is 0 Å². The Morgan fingerprint density at radius 3 is 2.00 bits per heavy atom. The summed E-state index contributed by atoms with van der Waals surface area (Å²) in [5.74, 6) is 0. The third-order valence-corrected chi connectivity index (χ3v) is 1.95. The second-order valence-corrected chi connectivity index (χ2v) is 3.18. The van der Waals surface area contributed by atoms with Gasteiger partial charge in [-0.15, -0.1) is 0 Å². The Labute approximate surface area is 92.0 Å². The van der Waals surface area contributed by atoms with Crippen LogP contribution < -0.4 is 0 Å². The standard InChI is InChI=1S/C5H10O5.C4H4N2/c6-2-1-10-5(9)4(8)3(2)7;1-2-5-4-6-3-1/h2-9H,1H2;1-4H/t2-,3-,4+,5-;/m1./s1. The van der Waals surface area contributed by atoms with E-state index in [1.54, 1.807) is 18.5 Å². The van der Waals surface area contributed by atoms with Gasteiger partial charge in [0.15, 0.2) is 6.29 Å². The van der Waals surface area contributed by atoms with Crippen LogP contribution in [0.3, 0.4) is 0 Å². The summed E-state index contributed by atoms with van der Waals surface area (Å²) in [6, 6.07) is 1.78. The zero-order valence-electron chi connectivity index (χ0n) is 8.42. The van der Waals surface area contributed by atoms with E-state index in [9.17, 15) is 0 Å². The molecule has 0 spiro atoms. The zero-order valence-corrected chi connectivity index (χ0v) is 8.42. The van der Waals surface area contributed by atoms with Gasteiger partial charge in [0.1, 0.15) is 24.6 Å². The lowest BCUT2D eigenvalue weighted by atomic mass is 10.1. The third kappa shape index (κ3) is 3.80. The van der Waals surface area contributed by atoms with Crippen LogP contribution in [-0.4, -0.2) is 61.6 Å². The number of nitrogens with zero attached hydrogens (tertiary/aromatic N) is 2. The minimum atomic E-state index is -1.41. The van der Waals surface area contributed by atoms with E-state index in [-0.39, 0.29) is 6.61 Å². The average molecular weight is 230 g/mol. The van der Waals surface area contributed by atoms with E-state index in [4.69, 9.17) is 20.4 Å². The first-order valence-electron chi connectivity index (χ1n) is 4.66. The molecule has 0 radical (unpaired) electrons. The van der Waals surface area contributed by atoms with E-state index in [1.165, 1.54) is 6.33 Å².